The van der Waals surface area contributed by atoms with Crippen molar-refractivity contribution >= 4 is 39.3 Å². The zero-order valence-electron chi connectivity index (χ0n) is 16.7. The van der Waals surface area contributed by atoms with Crippen molar-refractivity contribution in [2.24, 2.45) is 5.92 Å². The predicted octanol–water partition coefficient (Wildman–Crippen LogP) is 3.66. The second kappa shape index (κ2) is 10.5. The van der Waals surface area contributed by atoms with Crippen LogP contribution in [0.15, 0.2) is 58.3 Å². The Labute approximate surface area is 187 Å². The normalized spacial score (nSPS) is 17.5. The standard InChI is InChI=1S/C21H25ClN2O4S2/c1-28-18-6-10-20(11-7-18)30(26,27)24-13-2-3-16(15-24)21(25)23-12-14-29-19-8-4-17(22)5-9-19/h4-11,16H,2-3,12-15H2,1H3,(H,23,25)/t16-/m1/s1. The van der Waals surface area contributed by atoms with Gasteiger partial charge in [0.2, 0.25) is 15.9 Å². The van der Waals surface area contributed by atoms with Crippen molar-refractivity contribution in [3.05, 3.63) is 53.6 Å². The molecule has 1 fully saturated rings. The summed E-state index contributed by atoms with van der Waals surface area (Å²) in [5.74, 6) is 0.892. The van der Waals surface area contributed by atoms with E-state index >= 15 is 0 Å². The van der Waals surface area contributed by atoms with E-state index in [4.69, 9.17) is 16.3 Å². The Bertz CT molecular complexity index is 950. The van der Waals surface area contributed by atoms with E-state index in [1.54, 1.807) is 23.9 Å². The number of methoxy groups -OCH3 is 1. The lowest BCUT2D eigenvalue weighted by molar-refractivity contribution is -0.125. The minimum atomic E-state index is -3.64. The molecule has 1 saturated heterocycles. The molecule has 30 heavy (non-hydrogen) atoms. The van der Waals surface area contributed by atoms with Crippen molar-refractivity contribution < 1.29 is 17.9 Å². The third-order valence-electron chi connectivity index (χ3n) is 4.94. The molecule has 0 spiro atoms. The Morgan fingerprint density at radius 1 is 1.20 bits per heavy atom. The van der Waals surface area contributed by atoms with Gasteiger partial charge in [-0.3, -0.25) is 4.79 Å². The van der Waals surface area contributed by atoms with Gasteiger partial charge in [-0.2, -0.15) is 4.31 Å². The van der Waals surface area contributed by atoms with Crippen LogP contribution in [0.3, 0.4) is 0 Å². The Balaban J connectivity index is 1.51. The number of nitrogens with zero attached hydrogens (tertiary/aromatic N) is 1. The van der Waals surface area contributed by atoms with Gasteiger partial charge in [-0.15, -0.1) is 11.8 Å². The molecule has 162 valence electrons. The number of rotatable bonds is 8. The van der Waals surface area contributed by atoms with E-state index < -0.39 is 10.0 Å². The van der Waals surface area contributed by atoms with Crippen LogP contribution < -0.4 is 10.1 Å². The van der Waals surface area contributed by atoms with Crippen LogP contribution in [0.5, 0.6) is 5.75 Å². The summed E-state index contributed by atoms with van der Waals surface area (Å²) >= 11 is 7.51. The molecule has 0 saturated carbocycles. The number of thioether (sulfide) groups is 1. The number of ether oxygens (including phenoxy) is 1. The number of amides is 1. The summed E-state index contributed by atoms with van der Waals surface area (Å²) in [5, 5.41) is 3.63. The number of sulfonamides is 1. The third-order valence-corrected chi connectivity index (χ3v) is 8.08. The first-order chi connectivity index (χ1) is 14.4. The summed E-state index contributed by atoms with van der Waals surface area (Å²) in [7, 11) is -2.10. The minimum absolute atomic E-state index is 0.0960. The first-order valence-electron chi connectivity index (χ1n) is 9.70. The fraction of sp³-hybridized carbons (Fsp3) is 0.381. The van der Waals surface area contributed by atoms with E-state index in [-0.39, 0.29) is 23.3 Å². The molecule has 9 heteroatoms. The van der Waals surface area contributed by atoms with Crippen molar-refractivity contribution in [1.82, 2.24) is 9.62 Å². The number of piperidine rings is 1. The summed E-state index contributed by atoms with van der Waals surface area (Å²) in [6.45, 7) is 1.14. The molecular formula is C21H25ClN2O4S2. The molecule has 1 aliphatic heterocycles. The molecule has 0 aliphatic carbocycles. The maximum atomic E-state index is 12.9. The van der Waals surface area contributed by atoms with E-state index in [1.807, 2.05) is 24.3 Å². The SMILES string of the molecule is COc1ccc(S(=O)(=O)N2CCC[C@@H](C(=O)NCCSc3ccc(Cl)cc3)C2)cc1. The highest BCUT2D eigenvalue weighted by molar-refractivity contribution is 7.99. The quantitative estimate of drug-likeness (QED) is 0.472. The minimum Gasteiger partial charge on any atom is -0.497 e. The average molecular weight is 469 g/mol. The number of carbonyl (C=O) groups is 1. The van der Waals surface area contributed by atoms with Gasteiger partial charge in [-0.05, 0) is 61.4 Å². The molecule has 1 heterocycles. The lowest BCUT2D eigenvalue weighted by atomic mass is 9.99. The molecule has 1 amide bonds. The number of nitrogens with one attached hydrogen (secondary N) is 1. The van der Waals surface area contributed by atoms with E-state index in [2.05, 4.69) is 5.32 Å². The Kier molecular flexibility index (Phi) is 8.05. The van der Waals surface area contributed by atoms with Crippen LogP contribution in [-0.2, 0) is 14.8 Å². The summed E-state index contributed by atoms with van der Waals surface area (Å²) in [6.07, 6.45) is 1.35. The van der Waals surface area contributed by atoms with Crippen molar-refractivity contribution in [3.8, 4) is 5.75 Å². The third kappa shape index (κ3) is 5.91. The molecule has 0 unspecified atom stereocenters. The molecule has 0 radical (unpaired) electrons. The zero-order valence-corrected chi connectivity index (χ0v) is 19.1. The molecule has 1 aliphatic rings. The monoisotopic (exact) mass is 468 g/mol. The van der Waals surface area contributed by atoms with E-state index in [1.165, 1.54) is 23.5 Å². The van der Waals surface area contributed by atoms with Gasteiger partial charge in [0.1, 0.15) is 5.75 Å². The van der Waals surface area contributed by atoms with Gasteiger partial charge in [0, 0.05) is 35.3 Å². The number of hydrogen-bond donors (Lipinski definition) is 1. The smallest absolute Gasteiger partial charge is 0.243 e. The van der Waals surface area contributed by atoms with E-state index in [0.717, 1.165) is 10.6 Å². The van der Waals surface area contributed by atoms with Gasteiger partial charge in [-0.1, -0.05) is 11.6 Å². The highest BCUT2D eigenvalue weighted by Crippen LogP contribution is 2.25. The topological polar surface area (TPSA) is 75.7 Å². The molecule has 2 aromatic rings. The predicted molar refractivity (Wildman–Crippen MR) is 120 cm³/mol. The zero-order chi connectivity index (χ0) is 21.6. The second-order valence-electron chi connectivity index (χ2n) is 6.97. The van der Waals surface area contributed by atoms with Gasteiger partial charge < -0.3 is 10.1 Å². The lowest BCUT2D eigenvalue weighted by Gasteiger charge is -2.31. The van der Waals surface area contributed by atoms with Gasteiger partial charge in [0.15, 0.2) is 0 Å². The van der Waals surface area contributed by atoms with Crippen LogP contribution in [0.2, 0.25) is 5.02 Å². The Morgan fingerprint density at radius 3 is 2.57 bits per heavy atom. The molecule has 1 atom stereocenters. The molecule has 0 bridgehead atoms. The molecule has 2 aromatic carbocycles. The van der Waals surface area contributed by atoms with Crippen LogP contribution in [-0.4, -0.2) is 51.1 Å². The molecule has 3 rings (SSSR count). The van der Waals surface area contributed by atoms with Crippen molar-refractivity contribution in [2.45, 2.75) is 22.6 Å². The molecule has 1 N–H and O–H groups in total. The Hall–Kier alpha value is -1.74. The van der Waals surface area contributed by atoms with Crippen LogP contribution in [0.4, 0.5) is 0 Å². The number of benzene rings is 2. The van der Waals surface area contributed by atoms with E-state index in [9.17, 15) is 13.2 Å². The number of halogens is 1. The summed E-state index contributed by atoms with van der Waals surface area (Å²) < 4.78 is 32.4. The van der Waals surface area contributed by atoms with Gasteiger partial charge in [0.05, 0.1) is 17.9 Å². The second-order valence-corrected chi connectivity index (χ2v) is 10.5. The van der Waals surface area contributed by atoms with Gasteiger partial charge >= 0.3 is 0 Å². The molecule has 0 aromatic heterocycles. The highest BCUT2D eigenvalue weighted by atomic mass is 35.5. The maximum absolute atomic E-state index is 12.9. The fourth-order valence-electron chi connectivity index (χ4n) is 3.29. The van der Waals surface area contributed by atoms with Crippen LogP contribution >= 0.6 is 23.4 Å². The summed E-state index contributed by atoms with van der Waals surface area (Å²) in [4.78, 5) is 13.9. The lowest BCUT2D eigenvalue weighted by Crippen LogP contribution is -2.45. The Morgan fingerprint density at radius 2 is 1.90 bits per heavy atom. The van der Waals surface area contributed by atoms with Crippen LogP contribution in [0.25, 0.3) is 0 Å². The van der Waals surface area contributed by atoms with Crippen molar-refractivity contribution in [1.29, 1.82) is 0 Å². The number of hydrogen-bond acceptors (Lipinski definition) is 5. The van der Waals surface area contributed by atoms with Gasteiger partial charge in [0.25, 0.3) is 0 Å². The average Bonchev–Trinajstić information content (AvgIpc) is 2.78. The van der Waals surface area contributed by atoms with Crippen LogP contribution in [0, 0.1) is 5.92 Å². The van der Waals surface area contributed by atoms with E-state index in [0.29, 0.717) is 36.7 Å². The van der Waals surface area contributed by atoms with Crippen molar-refractivity contribution in [3.63, 3.8) is 0 Å². The van der Waals surface area contributed by atoms with Crippen LogP contribution in [0.1, 0.15) is 12.8 Å². The maximum Gasteiger partial charge on any atom is 0.243 e. The first kappa shape index (κ1) is 22.9. The number of carbonyl (C=O) groups excluding carboxylic acids is 1. The van der Waals surface area contributed by atoms with Crippen molar-refractivity contribution in [2.75, 3.05) is 32.5 Å². The first-order valence-corrected chi connectivity index (χ1v) is 12.5. The van der Waals surface area contributed by atoms with Gasteiger partial charge in [-0.25, -0.2) is 8.42 Å². The summed E-state index contributed by atoms with van der Waals surface area (Å²) in [5.41, 5.74) is 0. The highest BCUT2D eigenvalue weighted by Gasteiger charge is 2.33. The molecule has 6 nitrogen and oxygen atoms in total. The largest absolute Gasteiger partial charge is 0.497 e. The fourth-order valence-corrected chi connectivity index (χ4v) is 5.71. The summed E-state index contributed by atoms with van der Waals surface area (Å²) in [6, 6.07) is 13.9. The molecular weight excluding hydrogens is 444 g/mol.